The predicted molar refractivity (Wildman–Crippen MR) is 205 cm³/mol. The third-order valence-corrected chi connectivity index (χ3v) is 11.1. The van der Waals surface area contributed by atoms with Gasteiger partial charge in [-0.15, -0.1) is 0 Å². The number of esters is 2. The van der Waals surface area contributed by atoms with Gasteiger partial charge in [-0.3, -0.25) is 19.2 Å². The minimum Gasteiger partial charge on any atom is -0.455 e. The summed E-state index contributed by atoms with van der Waals surface area (Å²) in [4.78, 5) is 51.6. The highest BCUT2D eigenvalue weighted by atomic mass is 16.6. The molecule has 11 heteroatoms. The average molecular weight is 757 g/mol. The topological polar surface area (TPSA) is 166 Å². The molecule has 0 amide bonds. The summed E-state index contributed by atoms with van der Waals surface area (Å²) in [6.07, 6.45) is 3.32. The van der Waals surface area contributed by atoms with E-state index in [1.165, 1.54) is 6.92 Å². The van der Waals surface area contributed by atoms with Crippen LogP contribution in [-0.4, -0.2) is 93.8 Å². The van der Waals surface area contributed by atoms with Gasteiger partial charge in [-0.2, -0.15) is 0 Å². The molecule has 0 unspecified atom stereocenters. The number of aliphatic hydroxyl groups excluding tert-OH is 3. The van der Waals surface area contributed by atoms with Gasteiger partial charge in [0.25, 0.3) is 0 Å². The SMILES string of the molecule is C=C1/C=C(\C)[C@@H](C)[C@@H](O)CC(=O)[C@@H](C)CC(=O)C[C@H]2CC[C@@H](O2)[C@@H](/C=C/C=C(\C)[C@@H](OC(C)=O)C(=C)CCCC)OC(=O)C[C@@H]2O[C@H](C[C@H]2C)[C@H](O)[C@@H]1O. The van der Waals surface area contributed by atoms with E-state index in [4.69, 9.17) is 18.9 Å². The Morgan fingerprint density at radius 1 is 1.00 bits per heavy atom. The molecule has 12 atom stereocenters. The molecular weight excluding hydrogens is 692 g/mol. The molecule has 0 aliphatic carbocycles. The van der Waals surface area contributed by atoms with Crippen LogP contribution in [0.2, 0.25) is 0 Å². The highest BCUT2D eigenvalue weighted by molar-refractivity contribution is 5.88. The van der Waals surface area contributed by atoms with Crippen molar-refractivity contribution in [1.29, 1.82) is 0 Å². The Hall–Kier alpha value is -3.22. The van der Waals surface area contributed by atoms with Crippen molar-refractivity contribution in [2.75, 3.05) is 0 Å². The van der Waals surface area contributed by atoms with Gasteiger partial charge in [0.2, 0.25) is 0 Å². The van der Waals surface area contributed by atoms with Gasteiger partial charge in [0.1, 0.15) is 36.0 Å². The van der Waals surface area contributed by atoms with Crippen LogP contribution in [0.4, 0.5) is 0 Å². The van der Waals surface area contributed by atoms with E-state index in [2.05, 4.69) is 20.1 Å². The maximum atomic E-state index is 13.5. The standard InChI is InChI=1S/C43H64O11/c1-10-11-13-24(2)43(51-31(9)44)25(3)14-12-15-36-37-17-16-33(52-37)21-32(45)19-27(5)34(46)22-35(47)30(8)26(4)18-29(7)41(49)42(50)39-20-28(6)38(53-39)23-40(48)54-36/h12,14-15,18,27-28,30,33,35-39,41-43,47,49-50H,2,7,10-11,13,16-17,19-23H2,1,3-6,8-9H3/b15-12+,25-14+,26-18+/t27-,28+,30+,33+,35-,36+,37+,38-,39+,41+,42-,43-/m0/s1. The summed E-state index contributed by atoms with van der Waals surface area (Å²) in [5, 5.41) is 33.0. The van der Waals surface area contributed by atoms with Gasteiger partial charge in [-0.05, 0) is 74.7 Å². The Labute approximate surface area is 321 Å². The molecule has 0 aromatic rings. The monoisotopic (exact) mass is 756 g/mol. The van der Waals surface area contributed by atoms with E-state index in [9.17, 15) is 34.5 Å². The van der Waals surface area contributed by atoms with Crippen LogP contribution in [0.1, 0.15) is 113 Å². The number of hydrogen-bond donors (Lipinski definition) is 3. The molecule has 3 N–H and O–H groups in total. The molecule has 0 saturated carbocycles. The Morgan fingerprint density at radius 2 is 1.70 bits per heavy atom. The molecule has 0 spiro atoms. The number of aliphatic hydroxyl groups is 3. The molecular formula is C43H64O11. The second-order valence-electron chi connectivity index (χ2n) is 15.8. The predicted octanol–water partition coefficient (Wildman–Crippen LogP) is 5.99. The molecule has 54 heavy (non-hydrogen) atoms. The largest absolute Gasteiger partial charge is 0.455 e. The van der Waals surface area contributed by atoms with E-state index in [1.54, 1.807) is 45.1 Å². The maximum absolute atomic E-state index is 13.5. The van der Waals surface area contributed by atoms with E-state index in [0.29, 0.717) is 31.3 Å². The fourth-order valence-electron chi connectivity index (χ4n) is 7.35. The lowest BCUT2D eigenvalue weighted by molar-refractivity contribution is -0.158. The number of rotatable bonds is 8. The Kier molecular flexibility index (Phi) is 17.7. The first-order chi connectivity index (χ1) is 25.4. The summed E-state index contributed by atoms with van der Waals surface area (Å²) >= 11 is 0. The van der Waals surface area contributed by atoms with Crippen LogP contribution in [0, 0.1) is 17.8 Å². The lowest BCUT2D eigenvalue weighted by atomic mass is 9.87. The van der Waals surface area contributed by atoms with Gasteiger partial charge in [-0.1, -0.05) is 71.1 Å². The molecule has 4 bridgehead atoms. The third-order valence-electron chi connectivity index (χ3n) is 11.1. The summed E-state index contributed by atoms with van der Waals surface area (Å²) in [5.41, 5.74) is 2.42. The number of ether oxygens (including phenoxy) is 4. The maximum Gasteiger partial charge on any atom is 0.309 e. The van der Waals surface area contributed by atoms with Crippen molar-refractivity contribution in [3.05, 3.63) is 59.8 Å². The summed E-state index contributed by atoms with van der Waals surface area (Å²) in [6, 6.07) is 0. The van der Waals surface area contributed by atoms with E-state index < -0.39 is 78.7 Å². The highest BCUT2D eigenvalue weighted by Gasteiger charge is 2.41. The van der Waals surface area contributed by atoms with Crippen molar-refractivity contribution >= 4 is 23.5 Å². The Bertz CT molecular complexity index is 1440. The molecule has 2 saturated heterocycles. The molecule has 0 aromatic carbocycles. The number of unbranched alkanes of at least 4 members (excludes halogenated alkanes) is 1. The number of fused-ring (bicyclic) bond motifs is 4. The number of ketones is 2. The normalized spacial score (nSPS) is 35.7. The summed E-state index contributed by atoms with van der Waals surface area (Å²) in [7, 11) is 0. The molecule has 0 aromatic heterocycles. The van der Waals surface area contributed by atoms with Crippen molar-refractivity contribution in [3.63, 3.8) is 0 Å². The van der Waals surface area contributed by atoms with Gasteiger partial charge in [0.15, 0.2) is 0 Å². The number of cyclic esters (lactones) is 1. The Balaban J connectivity index is 1.89. The van der Waals surface area contributed by atoms with Crippen molar-refractivity contribution in [2.24, 2.45) is 17.8 Å². The first-order valence-electron chi connectivity index (χ1n) is 19.6. The second kappa shape index (κ2) is 21.2. The molecule has 3 rings (SSSR count). The number of carbonyl (C=O) groups is 4. The van der Waals surface area contributed by atoms with Gasteiger partial charge >= 0.3 is 11.9 Å². The molecule has 3 aliphatic rings. The van der Waals surface area contributed by atoms with E-state index >= 15 is 0 Å². The second-order valence-corrected chi connectivity index (χ2v) is 15.8. The van der Waals surface area contributed by atoms with Crippen molar-refractivity contribution < 1.29 is 53.4 Å². The van der Waals surface area contributed by atoms with Crippen LogP contribution in [-0.2, 0) is 38.1 Å². The summed E-state index contributed by atoms with van der Waals surface area (Å²) in [5.74, 6) is -2.51. The molecule has 2 fully saturated rings. The molecule has 0 radical (unpaired) electrons. The number of hydrogen-bond acceptors (Lipinski definition) is 11. The molecule has 3 heterocycles. The number of Topliss-reactive ketones (excluding diaryl/α,β-unsaturated/α-hetero) is 2. The zero-order valence-electron chi connectivity index (χ0n) is 33.3. The Morgan fingerprint density at radius 3 is 2.37 bits per heavy atom. The lowest BCUT2D eigenvalue weighted by Crippen LogP contribution is -2.38. The van der Waals surface area contributed by atoms with Gasteiger partial charge in [0.05, 0.1) is 36.9 Å². The molecule has 11 nitrogen and oxygen atoms in total. The number of carbonyl (C=O) groups excluding carboxylic acids is 4. The van der Waals surface area contributed by atoms with Gasteiger partial charge in [0, 0.05) is 38.0 Å². The van der Waals surface area contributed by atoms with Crippen LogP contribution in [0.3, 0.4) is 0 Å². The minimum atomic E-state index is -1.37. The van der Waals surface area contributed by atoms with Gasteiger partial charge in [-0.25, -0.2) is 0 Å². The minimum absolute atomic E-state index is 0.0103. The van der Waals surface area contributed by atoms with Crippen LogP contribution in [0.25, 0.3) is 0 Å². The number of allylic oxidation sites excluding steroid dienone is 2. The zero-order valence-corrected chi connectivity index (χ0v) is 33.3. The fourth-order valence-corrected chi connectivity index (χ4v) is 7.35. The third kappa shape index (κ3) is 13.2. The van der Waals surface area contributed by atoms with Crippen LogP contribution < -0.4 is 0 Å². The van der Waals surface area contributed by atoms with E-state index in [0.717, 1.165) is 24.0 Å². The quantitative estimate of drug-likeness (QED) is 0.151. The fraction of sp³-hybridized carbons (Fsp3) is 0.674. The van der Waals surface area contributed by atoms with Crippen molar-refractivity contribution in [3.8, 4) is 0 Å². The van der Waals surface area contributed by atoms with Crippen LogP contribution in [0.15, 0.2) is 59.8 Å². The molecule has 302 valence electrons. The first kappa shape index (κ1) is 45.2. The van der Waals surface area contributed by atoms with E-state index in [-0.39, 0.29) is 48.7 Å². The van der Waals surface area contributed by atoms with Crippen LogP contribution in [0.5, 0.6) is 0 Å². The van der Waals surface area contributed by atoms with Crippen LogP contribution >= 0.6 is 0 Å². The molecule has 3 aliphatic heterocycles. The average Bonchev–Trinajstić information content (AvgIpc) is 3.72. The zero-order chi connectivity index (χ0) is 40.3. The van der Waals surface area contributed by atoms with Crippen molar-refractivity contribution in [1.82, 2.24) is 0 Å². The van der Waals surface area contributed by atoms with Gasteiger partial charge < -0.3 is 34.3 Å². The summed E-state index contributed by atoms with van der Waals surface area (Å²) in [6.45, 7) is 20.5. The smallest absolute Gasteiger partial charge is 0.309 e. The summed E-state index contributed by atoms with van der Waals surface area (Å²) < 4.78 is 24.0. The van der Waals surface area contributed by atoms with Crippen molar-refractivity contribution in [2.45, 2.75) is 168 Å². The lowest BCUT2D eigenvalue weighted by Gasteiger charge is -2.26. The highest BCUT2D eigenvalue weighted by Crippen LogP contribution is 2.34. The first-order valence-corrected chi connectivity index (χ1v) is 19.6. The van der Waals surface area contributed by atoms with E-state index in [1.807, 2.05) is 13.8 Å².